The summed E-state index contributed by atoms with van der Waals surface area (Å²) in [4.78, 5) is 0. The highest BCUT2D eigenvalue weighted by molar-refractivity contribution is 6.15. The number of rotatable bonds is 2. The van der Waals surface area contributed by atoms with Crippen molar-refractivity contribution in [1.29, 1.82) is 0 Å². The maximum absolute atomic E-state index is 6.63. The molecule has 0 unspecified atom stereocenters. The van der Waals surface area contributed by atoms with Crippen LogP contribution >= 0.6 is 0 Å². The van der Waals surface area contributed by atoms with Crippen LogP contribution in [0, 0.1) is 6.92 Å². The number of fused-ring (bicyclic) bond motifs is 6. The van der Waals surface area contributed by atoms with Gasteiger partial charge in [-0.15, -0.1) is 0 Å². The number of para-hydroxylation sites is 3. The number of nitrogens with zero attached hydrogens (tertiary/aromatic N) is 2. The van der Waals surface area contributed by atoms with Gasteiger partial charge in [-0.1, -0.05) is 66.7 Å². The molecule has 3 nitrogen and oxygen atoms in total. The fourth-order valence-corrected chi connectivity index (χ4v) is 5.44. The Morgan fingerprint density at radius 3 is 2.06 bits per heavy atom. The van der Waals surface area contributed by atoms with E-state index in [4.69, 9.17) is 4.42 Å². The number of aromatic nitrogens is 2. The molecule has 7 rings (SSSR count). The summed E-state index contributed by atoms with van der Waals surface area (Å²) in [6, 6.07) is 34.3. The lowest BCUT2D eigenvalue weighted by Gasteiger charge is -2.08. The summed E-state index contributed by atoms with van der Waals surface area (Å²) >= 11 is 0. The molecule has 3 heterocycles. The van der Waals surface area contributed by atoms with Crippen molar-refractivity contribution in [3.8, 4) is 16.9 Å². The summed E-state index contributed by atoms with van der Waals surface area (Å²) in [5.74, 6) is 0. The second-order valence-electron chi connectivity index (χ2n) is 8.96. The predicted molar refractivity (Wildman–Crippen MR) is 139 cm³/mol. The smallest absolute Gasteiger partial charge is 0.224 e. The summed E-state index contributed by atoms with van der Waals surface area (Å²) in [5, 5.41) is 4.78. The Balaban J connectivity index is 1.64. The quantitative estimate of drug-likeness (QED) is 0.256. The van der Waals surface area contributed by atoms with E-state index in [0.29, 0.717) is 0 Å². The first-order valence-electron chi connectivity index (χ1n) is 11.6. The van der Waals surface area contributed by atoms with Gasteiger partial charge in [-0.3, -0.25) is 0 Å². The maximum atomic E-state index is 6.63. The van der Waals surface area contributed by atoms with Gasteiger partial charge in [0.05, 0.1) is 16.7 Å². The molecule has 34 heavy (non-hydrogen) atoms. The Hall–Kier alpha value is -4.37. The highest BCUT2D eigenvalue weighted by Crippen LogP contribution is 2.40. The Morgan fingerprint density at radius 2 is 1.32 bits per heavy atom. The first-order valence-corrected chi connectivity index (χ1v) is 11.6. The minimum absolute atomic E-state index is 0.902. The summed E-state index contributed by atoms with van der Waals surface area (Å²) in [6.07, 6.45) is 2.09. The highest BCUT2D eigenvalue weighted by Gasteiger charge is 2.24. The number of aryl methyl sites for hydroxylation is 2. The van der Waals surface area contributed by atoms with Crippen molar-refractivity contribution in [1.82, 2.24) is 4.57 Å². The molecular weight excluding hydrogens is 416 g/mol. The molecule has 4 aromatic carbocycles. The summed E-state index contributed by atoms with van der Waals surface area (Å²) in [6.45, 7) is 2.17. The van der Waals surface area contributed by atoms with Crippen LogP contribution in [0.2, 0.25) is 0 Å². The topological polar surface area (TPSA) is 21.9 Å². The molecule has 162 valence electrons. The molecule has 0 fully saturated rings. The summed E-state index contributed by atoms with van der Waals surface area (Å²) in [5.41, 5.74) is 8.88. The zero-order chi connectivity index (χ0) is 22.8. The first-order chi connectivity index (χ1) is 16.7. The molecule has 0 saturated heterocycles. The van der Waals surface area contributed by atoms with E-state index in [0.717, 1.165) is 27.6 Å². The van der Waals surface area contributed by atoms with Gasteiger partial charge < -0.3 is 8.98 Å². The molecule has 3 heteroatoms. The second-order valence-corrected chi connectivity index (χ2v) is 8.96. The van der Waals surface area contributed by atoms with Gasteiger partial charge in [-0.05, 0) is 36.8 Å². The minimum atomic E-state index is 0.902. The molecule has 3 aromatic heterocycles. The van der Waals surface area contributed by atoms with Crippen LogP contribution in [-0.2, 0) is 7.05 Å². The number of pyridine rings is 1. The molecule has 7 aromatic rings. The first kappa shape index (κ1) is 19.1. The molecule has 0 aliphatic heterocycles. The number of furan rings is 1. The fraction of sp³-hybridized carbons (Fsp3) is 0.0645. The van der Waals surface area contributed by atoms with Gasteiger partial charge in [0.15, 0.2) is 11.8 Å². The van der Waals surface area contributed by atoms with Crippen LogP contribution < -0.4 is 4.57 Å². The Morgan fingerprint density at radius 1 is 0.676 bits per heavy atom. The number of hydrogen-bond donors (Lipinski definition) is 0. The van der Waals surface area contributed by atoms with Gasteiger partial charge in [0.2, 0.25) is 5.69 Å². The predicted octanol–water partition coefficient (Wildman–Crippen LogP) is 7.48. The Bertz CT molecular complexity index is 1830. The molecular formula is C31H23N2O+. The van der Waals surface area contributed by atoms with Crippen LogP contribution in [0.3, 0.4) is 0 Å². The van der Waals surface area contributed by atoms with Gasteiger partial charge in [0, 0.05) is 27.8 Å². The van der Waals surface area contributed by atoms with Crippen molar-refractivity contribution >= 4 is 43.7 Å². The lowest BCUT2D eigenvalue weighted by molar-refractivity contribution is -0.659. The van der Waals surface area contributed by atoms with Crippen LogP contribution in [-0.4, -0.2) is 4.57 Å². The van der Waals surface area contributed by atoms with Crippen molar-refractivity contribution in [2.45, 2.75) is 6.92 Å². The van der Waals surface area contributed by atoms with Crippen LogP contribution in [0.4, 0.5) is 0 Å². The largest absolute Gasteiger partial charge is 0.453 e. The molecule has 0 bridgehead atoms. The molecule has 0 atom stereocenters. The molecule has 0 radical (unpaired) electrons. The Labute approximate surface area is 197 Å². The zero-order valence-corrected chi connectivity index (χ0v) is 19.1. The Kier molecular flexibility index (Phi) is 3.97. The van der Waals surface area contributed by atoms with E-state index >= 15 is 0 Å². The molecule has 0 N–H and O–H groups in total. The van der Waals surface area contributed by atoms with Crippen LogP contribution in [0.1, 0.15) is 5.56 Å². The van der Waals surface area contributed by atoms with E-state index in [1.807, 2.05) is 0 Å². The van der Waals surface area contributed by atoms with Gasteiger partial charge in [-0.2, -0.15) is 0 Å². The lowest BCUT2D eigenvalue weighted by atomic mass is 10.0. The monoisotopic (exact) mass is 439 g/mol. The third-order valence-electron chi connectivity index (χ3n) is 6.98. The van der Waals surface area contributed by atoms with Gasteiger partial charge in [0.1, 0.15) is 18.0 Å². The van der Waals surface area contributed by atoms with E-state index in [2.05, 4.69) is 126 Å². The number of benzene rings is 4. The maximum Gasteiger partial charge on any atom is 0.224 e. The van der Waals surface area contributed by atoms with Gasteiger partial charge in [0.25, 0.3) is 0 Å². The summed E-state index contributed by atoms with van der Waals surface area (Å²) < 4.78 is 11.2. The second kappa shape index (κ2) is 7.06. The van der Waals surface area contributed by atoms with E-state index in [-0.39, 0.29) is 0 Å². The van der Waals surface area contributed by atoms with Crippen molar-refractivity contribution < 1.29 is 8.98 Å². The van der Waals surface area contributed by atoms with Crippen molar-refractivity contribution in [2.24, 2.45) is 7.05 Å². The third kappa shape index (κ3) is 2.55. The third-order valence-corrected chi connectivity index (χ3v) is 6.98. The average Bonchev–Trinajstić information content (AvgIpc) is 3.41. The standard InChI is InChI=1S/C31H23N2O/c1-20-10-3-4-11-21(20)30-29-24-14-9-17-27(31(24)34-28(29)18-19-32(30)2)33-25-15-7-5-12-22(25)23-13-6-8-16-26(23)33/h3-19H,1-2H3/q+1. The van der Waals surface area contributed by atoms with E-state index < -0.39 is 0 Å². The van der Waals surface area contributed by atoms with Crippen molar-refractivity contribution in [2.75, 3.05) is 0 Å². The molecule has 0 amide bonds. The van der Waals surface area contributed by atoms with Gasteiger partial charge >= 0.3 is 0 Å². The molecule has 0 aliphatic rings. The van der Waals surface area contributed by atoms with Crippen LogP contribution in [0.5, 0.6) is 0 Å². The highest BCUT2D eigenvalue weighted by atomic mass is 16.3. The van der Waals surface area contributed by atoms with E-state index in [1.54, 1.807) is 0 Å². The zero-order valence-electron chi connectivity index (χ0n) is 19.1. The van der Waals surface area contributed by atoms with Crippen LogP contribution in [0.15, 0.2) is 108 Å². The fourth-order valence-electron chi connectivity index (χ4n) is 5.44. The molecule has 0 aliphatic carbocycles. The van der Waals surface area contributed by atoms with E-state index in [1.165, 1.54) is 38.6 Å². The SMILES string of the molecule is Cc1ccccc1-c1c2c(cc[n+]1C)oc1c(-n3c4ccccc4c4ccccc43)cccc12. The normalized spacial score (nSPS) is 11.8. The van der Waals surface area contributed by atoms with Crippen molar-refractivity contribution in [3.63, 3.8) is 0 Å². The van der Waals surface area contributed by atoms with E-state index in [9.17, 15) is 0 Å². The average molecular weight is 440 g/mol. The molecule has 0 saturated carbocycles. The van der Waals surface area contributed by atoms with Gasteiger partial charge in [-0.25, -0.2) is 4.57 Å². The summed E-state index contributed by atoms with van der Waals surface area (Å²) in [7, 11) is 2.11. The molecule has 0 spiro atoms. The lowest BCUT2D eigenvalue weighted by Crippen LogP contribution is -2.30. The number of hydrogen-bond acceptors (Lipinski definition) is 1. The van der Waals surface area contributed by atoms with Crippen LogP contribution in [0.25, 0.3) is 60.7 Å². The minimum Gasteiger partial charge on any atom is -0.453 e. The van der Waals surface area contributed by atoms with Crippen molar-refractivity contribution in [3.05, 3.63) is 109 Å².